The van der Waals surface area contributed by atoms with Gasteiger partial charge in [0, 0.05) is 23.6 Å². The van der Waals surface area contributed by atoms with E-state index in [-0.39, 0.29) is 17.5 Å². The van der Waals surface area contributed by atoms with Gasteiger partial charge in [0.05, 0.1) is 5.56 Å². The van der Waals surface area contributed by atoms with Gasteiger partial charge in [0.25, 0.3) is 5.91 Å². The molecule has 1 aliphatic rings. The van der Waals surface area contributed by atoms with Crippen LogP contribution in [0.15, 0.2) is 23.1 Å². The average Bonchev–Trinajstić information content (AvgIpc) is 2.77. The van der Waals surface area contributed by atoms with E-state index in [4.69, 9.17) is 0 Å². The summed E-state index contributed by atoms with van der Waals surface area (Å²) in [5.74, 6) is 0.404. The van der Waals surface area contributed by atoms with E-state index in [1.807, 2.05) is 0 Å². The summed E-state index contributed by atoms with van der Waals surface area (Å²) >= 11 is 3.47. The molecule has 2 atom stereocenters. The monoisotopic (exact) mass is 298 g/mol. The lowest BCUT2D eigenvalue weighted by Crippen LogP contribution is -2.38. The van der Waals surface area contributed by atoms with Gasteiger partial charge < -0.3 is 10.3 Å². The molecule has 0 aromatic carbocycles. The Balaban J connectivity index is 2.01. The highest BCUT2D eigenvalue weighted by Crippen LogP contribution is 2.27. The van der Waals surface area contributed by atoms with Gasteiger partial charge in [0.15, 0.2) is 0 Å². The number of nitrogens with one attached hydrogen (secondary N) is 2. The van der Waals surface area contributed by atoms with Gasteiger partial charge in [0.2, 0.25) is 5.56 Å². The van der Waals surface area contributed by atoms with E-state index in [1.165, 1.54) is 12.3 Å². The Morgan fingerprint density at radius 1 is 1.47 bits per heavy atom. The number of aromatic nitrogens is 1. The normalized spacial score (nSPS) is 23.6. The van der Waals surface area contributed by atoms with E-state index in [9.17, 15) is 9.59 Å². The number of amides is 1. The van der Waals surface area contributed by atoms with Crippen LogP contribution in [0.1, 0.15) is 29.6 Å². The molecule has 1 aromatic heterocycles. The quantitative estimate of drug-likeness (QED) is 0.834. The van der Waals surface area contributed by atoms with Gasteiger partial charge in [-0.25, -0.2) is 0 Å². The van der Waals surface area contributed by atoms with Crippen molar-refractivity contribution in [2.45, 2.75) is 25.3 Å². The predicted molar refractivity (Wildman–Crippen MR) is 69.5 cm³/mol. The molecule has 5 heteroatoms. The summed E-state index contributed by atoms with van der Waals surface area (Å²) in [6, 6.07) is 3.16. The lowest BCUT2D eigenvalue weighted by molar-refractivity contribution is 0.0930. The third-order valence-corrected chi connectivity index (χ3v) is 4.05. The highest BCUT2D eigenvalue weighted by atomic mass is 79.9. The third-order valence-electron chi connectivity index (χ3n) is 3.22. The Hall–Kier alpha value is -1.10. The SMILES string of the molecule is O=C(NC1CCCC1CBr)c1ccc(=O)[nH]c1. The highest BCUT2D eigenvalue weighted by molar-refractivity contribution is 9.09. The number of halogens is 1. The van der Waals surface area contributed by atoms with Crippen LogP contribution in [-0.4, -0.2) is 22.3 Å². The van der Waals surface area contributed by atoms with Crippen molar-refractivity contribution in [3.8, 4) is 0 Å². The Morgan fingerprint density at radius 3 is 2.94 bits per heavy atom. The number of carbonyl (C=O) groups excluding carboxylic acids is 1. The van der Waals surface area contributed by atoms with Gasteiger partial charge in [-0.1, -0.05) is 22.4 Å². The van der Waals surface area contributed by atoms with Gasteiger partial charge in [0.1, 0.15) is 0 Å². The van der Waals surface area contributed by atoms with Crippen molar-refractivity contribution in [2.75, 3.05) is 5.33 Å². The number of carbonyl (C=O) groups is 1. The minimum Gasteiger partial charge on any atom is -0.349 e. The molecule has 1 amide bonds. The predicted octanol–water partition coefficient (Wildman–Crippen LogP) is 1.67. The van der Waals surface area contributed by atoms with Crippen molar-refractivity contribution in [3.05, 3.63) is 34.2 Å². The Labute approximate surface area is 108 Å². The summed E-state index contributed by atoms with van der Waals surface area (Å²) in [6.45, 7) is 0. The summed E-state index contributed by atoms with van der Waals surface area (Å²) in [5, 5.41) is 3.94. The molecule has 17 heavy (non-hydrogen) atoms. The van der Waals surface area contributed by atoms with E-state index in [1.54, 1.807) is 6.07 Å². The van der Waals surface area contributed by atoms with Gasteiger partial charge >= 0.3 is 0 Å². The third kappa shape index (κ3) is 2.97. The Bertz CT molecular complexity index is 438. The zero-order chi connectivity index (χ0) is 12.3. The molecule has 1 aliphatic carbocycles. The van der Waals surface area contributed by atoms with Crippen molar-refractivity contribution < 1.29 is 4.79 Å². The molecule has 92 valence electrons. The van der Waals surface area contributed by atoms with Gasteiger partial charge in [-0.05, 0) is 24.8 Å². The van der Waals surface area contributed by atoms with Crippen LogP contribution >= 0.6 is 15.9 Å². The first-order chi connectivity index (χ1) is 8.20. The van der Waals surface area contributed by atoms with Crippen molar-refractivity contribution in [1.82, 2.24) is 10.3 Å². The van der Waals surface area contributed by atoms with E-state index < -0.39 is 0 Å². The molecule has 1 heterocycles. The maximum atomic E-state index is 11.9. The second-order valence-electron chi connectivity index (χ2n) is 4.37. The summed E-state index contributed by atoms with van der Waals surface area (Å²) in [6.07, 6.45) is 4.80. The van der Waals surface area contributed by atoms with E-state index >= 15 is 0 Å². The number of H-pyrrole nitrogens is 1. The first-order valence-corrected chi connectivity index (χ1v) is 6.88. The minimum absolute atomic E-state index is 0.112. The second-order valence-corrected chi connectivity index (χ2v) is 5.01. The summed E-state index contributed by atoms with van der Waals surface area (Å²) in [4.78, 5) is 25.3. The molecule has 0 bridgehead atoms. The average molecular weight is 299 g/mol. The Kier molecular flexibility index (Phi) is 3.99. The molecule has 0 aliphatic heterocycles. The van der Waals surface area contributed by atoms with Crippen molar-refractivity contribution in [2.24, 2.45) is 5.92 Å². The van der Waals surface area contributed by atoms with Gasteiger partial charge in [-0.2, -0.15) is 0 Å². The first kappa shape index (κ1) is 12.4. The van der Waals surface area contributed by atoms with Crippen LogP contribution in [0.4, 0.5) is 0 Å². The molecule has 2 unspecified atom stereocenters. The number of aromatic amines is 1. The summed E-state index contributed by atoms with van der Waals surface area (Å²) < 4.78 is 0. The van der Waals surface area contributed by atoms with Crippen LogP contribution in [-0.2, 0) is 0 Å². The molecular formula is C12H15BrN2O2. The second kappa shape index (κ2) is 5.49. The highest BCUT2D eigenvalue weighted by Gasteiger charge is 2.27. The van der Waals surface area contributed by atoms with E-state index in [0.717, 1.165) is 24.6 Å². The van der Waals surface area contributed by atoms with Crippen LogP contribution in [0.3, 0.4) is 0 Å². The maximum absolute atomic E-state index is 11.9. The molecule has 1 saturated carbocycles. The molecule has 4 nitrogen and oxygen atoms in total. The number of rotatable bonds is 3. The largest absolute Gasteiger partial charge is 0.349 e. The zero-order valence-electron chi connectivity index (χ0n) is 9.41. The summed E-state index contributed by atoms with van der Waals surface area (Å²) in [5.41, 5.74) is 0.311. The molecule has 2 rings (SSSR count). The lowest BCUT2D eigenvalue weighted by atomic mass is 10.1. The van der Waals surface area contributed by atoms with E-state index in [2.05, 4.69) is 26.2 Å². The molecule has 1 aromatic rings. The first-order valence-electron chi connectivity index (χ1n) is 5.76. The van der Waals surface area contributed by atoms with Crippen LogP contribution in [0.25, 0.3) is 0 Å². The fourth-order valence-corrected chi connectivity index (χ4v) is 2.99. The van der Waals surface area contributed by atoms with Gasteiger partial charge in [-0.3, -0.25) is 9.59 Å². The van der Waals surface area contributed by atoms with Crippen molar-refractivity contribution in [3.63, 3.8) is 0 Å². The number of hydrogen-bond donors (Lipinski definition) is 2. The fraction of sp³-hybridized carbons (Fsp3) is 0.500. The molecule has 0 radical (unpaired) electrons. The molecule has 2 N–H and O–H groups in total. The maximum Gasteiger partial charge on any atom is 0.252 e. The van der Waals surface area contributed by atoms with Crippen molar-refractivity contribution in [1.29, 1.82) is 0 Å². The number of hydrogen-bond acceptors (Lipinski definition) is 2. The molecule has 1 fully saturated rings. The molecule has 0 saturated heterocycles. The van der Waals surface area contributed by atoms with Crippen LogP contribution < -0.4 is 10.9 Å². The zero-order valence-corrected chi connectivity index (χ0v) is 11.0. The van der Waals surface area contributed by atoms with E-state index in [0.29, 0.717) is 11.5 Å². The lowest BCUT2D eigenvalue weighted by Gasteiger charge is -2.18. The fourth-order valence-electron chi connectivity index (χ4n) is 2.22. The number of alkyl halides is 1. The smallest absolute Gasteiger partial charge is 0.252 e. The topological polar surface area (TPSA) is 62.0 Å². The minimum atomic E-state index is -0.194. The molecule has 0 spiro atoms. The summed E-state index contributed by atoms with van der Waals surface area (Å²) in [7, 11) is 0. The van der Waals surface area contributed by atoms with Crippen LogP contribution in [0.5, 0.6) is 0 Å². The number of pyridine rings is 1. The Morgan fingerprint density at radius 2 is 2.29 bits per heavy atom. The van der Waals surface area contributed by atoms with Crippen LogP contribution in [0, 0.1) is 5.92 Å². The standard InChI is InChI=1S/C12H15BrN2O2/c13-6-8-2-1-3-10(8)15-12(17)9-4-5-11(16)14-7-9/h4-5,7-8,10H,1-3,6H2,(H,14,16)(H,15,17). The van der Waals surface area contributed by atoms with Crippen LogP contribution in [0.2, 0.25) is 0 Å². The van der Waals surface area contributed by atoms with Gasteiger partial charge in [-0.15, -0.1) is 0 Å². The molecular weight excluding hydrogens is 284 g/mol. The van der Waals surface area contributed by atoms with Crippen molar-refractivity contribution >= 4 is 21.8 Å².